The monoisotopic (exact) mass is 138 g/mol. The van der Waals surface area contributed by atoms with Gasteiger partial charge in [-0.3, -0.25) is 0 Å². The van der Waals surface area contributed by atoms with Crippen molar-refractivity contribution < 1.29 is 0 Å². The van der Waals surface area contributed by atoms with Gasteiger partial charge in [0.25, 0.3) is 0 Å². The Hall–Kier alpha value is 0. The fourth-order valence-corrected chi connectivity index (χ4v) is 2.78. The van der Waals surface area contributed by atoms with E-state index in [2.05, 4.69) is 6.92 Å². The molecule has 3 aliphatic carbocycles. The van der Waals surface area contributed by atoms with Crippen LogP contribution in [0, 0.1) is 17.8 Å². The molecule has 0 amide bonds. The summed E-state index contributed by atoms with van der Waals surface area (Å²) in [4.78, 5) is 0. The molecule has 2 bridgehead atoms. The van der Waals surface area contributed by atoms with Crippen LogP contribution in [0.1, 0.15) is 45.4 Å². The van der Waals surface area contributed by atoms with Gasteiger partial charge < -0.3 is 0 Å². The van der Waals surface area contributed by atoms with Crippen LogP contribution in [0.2, 0.25) is 0 Å². The summed E-state index contributed by atoms with van der Waals surface area (Å²) < 4.78 is 0. The van der Waals surface area contributed by atoms with Crippen LogP contribution in [0.15, 0.2) is 0 Å². The highest BCUT2D eigenvalue weighted by Crippen LogP contribution is 2.41. The van der Waals surface area contributed by atoms with Crippen molar-refractivity contribution in [2.24, 2.45) is 17.8 Å². The predicted molar refractivity (Wildman–Crippen MR) is 43.8 cm³/mol. The Morgan fingerprint density at radius 2 is 1.40 bits per heavy atom. The molecule has 0 saturated heterocycles. The molecular formula is C10H18. The molecule has 0 unspecified atom stereocenters. The van der Waals surface area contributed by atoms with E-state index >= 15 is 0 Å². The van der Waals surface area contributed by atoms with Crippen molar-refractivity contribution >= 4 is 0 Å². The highest BCUT2D eigenvalue weighted by molar-refractivity contribution is 4.80. The van der Waals surface area contributed by atoms with E-state index in [0.29, 0.717) is 0 Å². The summed E-state index contributed by atoms with van der Waals surface area (Å²) in [6.07, 6.45) is 9.26. The zero-order valence-electron chi connectivity index (χ0n) is 6.97. The standard InChI is InChI=1S/C10H18/c1-8-2-3-9-4-6-10(8)7-5-9/h8-10H,2-7H2,1H3/t8-,9?,10?/m0/s1. The topological polar surface area (TPSA) is 0 Å². The maximum Gasteiger partial charge on any atom is -0.0388 e. The van der Waals surface area contributed by atoms with Gasteiger partial charge in [0, 0.05) is 0 Å². The first-order chi connectivity index (χ1) is 4.86. The van der Waals surface area contributed by atoms with E-state index < -0.39 is 0 Å². The molecule has 0 aromatic rings. The van der Waals surface area contributed by atoms with Gasteiger partial charge in [0.05, 0.1) is 0 Å². The lowest BCUT2D eigenvalue weighted by Crippen LogP contribution is -2.13. The van der Waals surface area contributed by atoms with Crippen LogP contribution in [0.3, 0.4) is 0 Å². The van der Waals surface area contributed by atoms with Crippen LogP contribution in [0.5, 0.6) is 0 Å². The Morgan fingerprint density at radius 1 is 0.800 bits per heavy atom. The van der Waals surface area contributed by atoms with Crippen molar-refractivity contribution in [1.82, 2.24) is 0 Å². The number of rotatable bonds is 0. The highest BCUT2D eigenvalue weighted by atomic mass is 14.3. The third kappa shape index (κ3) is 1.09. The molecule has 10 heavy (non-hydrogen) atoms. The second kappa shape index (κ2) is 2.56. The van der Waals surface area contributed by atoms with E-state index in [0.717, 1.165) is 17.8 Å². The normalized spacial score (nSPS) is 47.1. The lowest BCUT2D eigenvalue weighted by molar-refractivity contribution is 0.268. The van der Waals surface area contributed by atoms with Crippen LogP contribution in [0.25, 0.3) is 0 Å². The minimum absolute atomic E-state index is 1.05. The van der Waals surface area contributed by atoms with Crippen molar-refractivity contribution in [3.05, 3.63) is 0 Å². The lowest BCUT2D eigenvalue weighted by atomic mass is 9.81. The van der Waals surface area contributed by atoms with Gasteiger partial charge in [-0.25, -0.2) is 0 Å². The minimum atomic E-state index is 1.05. The number of fused-ring (bicyclic) bond motifs is 4. The van der Waals surface area contributed by atoms with E-state index in [9.17, 15) is 0 Å². The summed E-state index contributed by atoms with van der Waals surface area (Å²) in [5.74, 6) is 3.28. The minimum Gasteiger partial charge on any atom is -0.0622 e. The van der Waals surface area contributed by atoms with Crippen molar-refractivity contribution in [3.63, 3.8) is 0 Å². The molecule has 0 heterocycles. The molecule has 1 atom stereocenters. The van der Waals surface area contributed by atoms with Gasteiger partial charge in [0.2, 0.25) is 0 Å². The van der Waals surface area contributed by atoms with Crippen molar-refractivity contribution in [2.45, 2.75) is 45.4 Å². The van der Waals surface area contributed by atoms with Gasteiger partial charge in [-0.05, 0) is 30.6 Å². The Kier molecular flexibility index (Phi) is 1.71. The van der Waals surface area contributed by atoms with Crippen molar-refractivity contribution in [1.29, 1.82) is 0 Å². The predicted octanol–water partition coefficient (Wildman–Crippen LogP) is 3.22. The summed E-state index contributed by atoms with van der Waals surface area (Å²) in [5.41, 5.74) is 0. The first-order valence-corrected chi connectivity index (χ1v) is 4.86. The Bertz CT molecular complexity index is 109. The van der Waals surface area contributed by atoms with E-state index in [1.807, 2.05) is 0 Å². The molecular weight excluding hydrogens is 120 g/mol. The lowest BCUT2D eigenvalue weighted by Gasteiger charge is -2.25. The third-order valence-corrected chi connectivity index (χ3v) is 3.73. The second-order valence-corrected chi connectivity index (χ2v) is 4.34. The average Bonchev–Trinajstić information content (AvgIpc) is 2.24. The Balaban J connectivity index is 2.07. The molecule has 0 aliphatic heterocycles. The Morgan fingerprint density at radius 3 is 2.10 bits per heavy atom. The van der Waals surface area contributed by atoms with Gasteiger partial charge in [-0.15, -0.1) is 0 Å². The number of hydrogen-bond donors (Lipinski definition) is 0. The smallest absolute Gasteiger partial charge is 0.0388 e. The first kappa shape index (κ1) is 6.69. The van der Waals surface area contributed by atoms with Gasteiger partial charge in [0.1, 0.15) is 0 Å². The zero-order chi connectivity index (χ0) is 6.97. The van der Waals surface area contributed by atoms with Crippen LogP contribution in [-0.2, 0) is 0 Å². The Labute approximate surface area is 64.0 Å². The SMILES string of the molecule is C[C@H]1CCC2CCC1CC2. The molecule has 3 fully saturated rings. The summed E-state index contributed by atoms with van der Waals surface area (Å²) in [6.45, 7) is 2.46. The quantitative estimate of drug-likeness (QED) is 0.482. The first-order valence-electron chi connectivity index (χ1n) is 4.86. The van der Waals surface area contributed by atoms with Crippen LogP contribution in [0.4, 0.5) is 0 Å². The summed E-state index contributed by atoms with van der Waals surface area (Å²) >= 11 is 0. The maximum atomic E-state index is 2.46. The molecule has 3 aliphatic rings. The maximum absolute atomic E-state index is 2.46. The van der Waals surface area contributed by atoms with Crippen LogP contribution < -0.4 is 0 Å². The average molecular weight is 138 g/mol. The van der Waals surface area contributed by atoms with Crippen molar-refractivity contribution in [2.75, 3.05) is 0 Å². The molecule has 0 spiro atoms. The molecule has 58 valence electrons. The van der Waals surface area contributed by atoms with Crippen LogP contribution in [-0.4, -0.2) is 0 Å². The molecule has 0 aromatic carbocycles. The van der Waals surface area contributed by atoms with E-state index in [1.54, 1.807) is 25.7 Å². The van der Waals surface area contributed by atoms with E-state index in [1.165, 1.54) is 12.8 Å². The molecule has 0 aromatic heterocycles. The molecule has 0 N–H and O–H groups in total. The van der Waals surface area contributed by atoms with Crippen LogP contribution >= 0.6 is 0 Å². The fraction of sp³-hybridized carbons (Fsp3) is 1.00. The van der Waals surface area contributed by atoms with Crippen molar-refractivity contribution in [3.8, 4) is 0 Å². The highest BCUT2D eigenvalue weighted by Gasteiger charge is 2.29. The number of hydrogen-bond acceptors (Lipinski definition) is 0. The molecule has 0 radical (unpaired) electrons. The summed E-state index contributed by atoms with van der Waals surface area (Å²) in [5, 5.41) is 0. The summed E-state index contributed by atoms with van der Waals surface area (Å²) in [6, 6.07) is 0. The summed E-state index contributed by atoms with van der Waals surface area (Å²) in [7, 11) is 0. The van der Waals surface area contributed by atoms with Gasteiger partial charge >= 0.3 is 0 Å². The molecule has 0 nitrogen and oxygen atoms in total. The van der Waals surface area contributed by atoms with Gasteiger partial charge in [-0.1, -0.05) is 32.6 Å². The van der Waals surface area contributed by atoms with Gasteiger partial charge in [0.15, 0.2) is 0 Å². The second-order valence-electron chi connectivity index (χ2n) is 4.34. The molecule has 0 heteroatoms. The fourth-order valence-electron chi connectivity index (χ4n) is 2.78. The molecule has 3 rings (SSSR count). The van der Waals surface area contributed by atoms with E-state index in [4.69, 9.17) is 0 Å². The zero-order valence-corrected chi connectivity index (χ0v) is 6.97. The van der Waals surface area contributed by atoms with E-state index in [-0.39, 0.29) is 0 Å². The third-order valence-electron chi connectivity index (χ3n) is 3.73. The largest absolute Gasteiger partial charge is 0.0622 e. The molecule has 3 saturated carbocycles. The van der Waals surface area contributed by atoms with Gasteiger partial charge in [-0.2, -0.15) is 0 Å².